The molecule has 0 spiro atoms. The van der Waals surface area contributed by atoms with E-state index >= 15 is 0 Å². The first-order chi connectivity index (χ1) is 12.2. The highest BCUT2D eigenvalue weighted by molar-refractivity contribution is 6.74. The van der Waals surface area contributed by atoms with Crippen molar-refractivity contribution in [3.05, 3.63) is 54.6 Å². The van der Waals surface area contributed by atoms with Crippen LogP contribution in [0.3, 0.4) is 0 Å². The zero-order chi connectivity index (χ0) is 17.7. The van der Waals surface area contributed by atoms with Crippen LogP contribution in [0.15, 0.2) is 54.6 Å². The maximum absolute atomic E-state index is 7.09. The lowest BCUT2D eigenvalue weighted by atomic mass is 10.0. The monoisotopic (exact) mass is 350 g/mol. The van der Waals surface area contributed by atoms with Crippen LogP contribution in [0.2, 0.25) is 18.1 Å². The molecule has 0 unspecified atom stereocenters. The standard InChI is InChI=1S/C23H30OSi/c1-4-15-25(16-5-2,17-6-3)24-23-21-13-9-7-11-19(21)18-20-12-8-10-14-22(20)23/h7-14,18H,4-6,15-17H2,1-3H3. The van der Waals surface area contributed by atoms with Gasteiger partial charge in [-0.1, -0.05) is 88.6 Å². The molecule has 1 nitrogen and oxygen atoms in total. The lowest BCUT2D eigenvalue weighted by Gasteiger charge is -2.33. The van der Waals surface area contributed by atoms with E-state index in [-0.39, 0.29) is 0 Å². The molecule has 0 aliphatic heterocycles. The molecule has 0 radical (unpaired) electrons. The van der Waals surface area contributed by atoms with E-state index in [2.05, 4.69) is 75.4 Å². The predicted octanol–water partition coefficient (Wildman–Crippen LogP) is 7.55. The summed E-state index contributed by atoms with van der Waals surface area (Å²) in [4.78, 5) is 0. The fraction of sp³-hybridized carbons (Fsp3) is 0.391. The minimum Gasteiger partial charge on any atom is -0.543 e. The van der Waals surface area contributed by atoms with Crippen LogP contribution < -0.4 is 4.43 Å². The maximum atomic E-state index is 7.09. The third kappa shape index (κ3) is 3.74. The normalized spacial score (nSPS) is 12.0. The summed E-state index contributed by atoms with van der Waals surface area (Å²) in [7, 11) is -1.77. The molecular weight excluding hydrogens is 320 g/mol. The molecule has 25 heavy (non-hydrogen) atoms. The van der Waals surface area contributed by atoms with Crippen molar-refractivity contribution >= 4 is 29.9 Å². The lowest BCUT2D eigenvalue weighted by molar-refractivity contribution is 0.529. The van der Waals surface area contributed by atoms with Gasteiger partial charge in [0.1, 0.15) is 5.75 Å². The van der Waals surface area contributed by atoms with Crippen molar-refractivity contribution in [2.45, 2.75) is 58.2 Å². The first-order valence-electron chi connectivity index (χ1n) is 9.82. The second kappa shape index (κ2) is 8.05. The molecule has 2 heteroatoms. The van der Waals surface area contributed by atoms with E-state index in [1.807, 2.05) is 0 Å². The van der Waals surface area contributed by atoms with Crippen LogP contribution in [0, 0.1) is 0 Å². The van der Waals surface area contributed by atoms with E-state index in [1.165, 1.54) is 58.9 Å². The quantitative estimate of drug-likeness (QED) is 0.301. The van der Waals surface area contributed by atoms with Crippen LogP contribution in [-0.4, -0.2) is 8.32 Å². The minimum atomic E-state index is -1.77. The smallest absolute Gasteiger partial charge is 0.251 e. The molecule has 0 bridgehead atoms. The summed E-state index contributed by atoms with van der Waals surface area (Å²) in [6.07, 6.45) is 3.65. The lowest BCUT2D eigenvalue weighted by Crippen LogP contribution is -2.41. The van der Waals surface area contributed by atoms with E-state index < -0.39 is 8.32 Å². The van der Waals surface area contributed by atoms with Crippen LogP contribution >= 0.6 is 0 Å². The first-order valence-corrected chi connectivity index (χ1v) is 12.4. The highest BCUT2D eigenvalue weighted by Crippen LogP contribution is 2.39. The Labute approximate surface area is 153 Å². The molecule has 3 aromatic carbocycles. The highest BCUT2D eigenvalue weighted by Gasteiger charge is 2.35. The van der Waals surface area contributed by atoms with Crippen molar-refractivity contribution in [2.24, 2.45) is 0 Å². The second-order valence-corrected chi connectivity index (χ2v) is 11.3. The average molecular weight is 351 g/mol. The SMILES string of the molecule is CCC[Si](CCC)(CCC)Oc1c2ccccc2cc2ccccc12. The van der Waals surface area contributed by atoms with Crippen molar-refractivity contribution in [1.29, 1.82) is 0 Å². The maximum Gasteiger partial charge on any atom is 0.251 e. The first kappa shape index (κ1) is 18.0. The van der Waals surface area contributed by atoms with E-state index in [4.69, 9.17) is 4.43 Å². The van der Waals surface area contributed by atoms with Crippen LogP contribution in [0.5, 0.6) is 5.75 Å². The van der Waals surface area contributed by atoms with Crippen LogP contribution in [-0.2, 0) is 0 Å². The molecule has 3 aromatic rings. The Kier molecular flexibility index (Phi) is 5.80. The Morgan fingerprint density at radius 3 is 1.56 bits per heavy atom. The van der Waals surface area contributed by atoms with Gasteiger partial charge >= 0.3 is 0 Å². The molecule has 0 aromatic heterocycles. The summed E-state index contributed by atoms with van der Waals surface area (Å²) in [6, 6.07) is 23.4. The fourth-order valence-electron chi connectivity index (χ4n) is 4.19. The summed E-state index contributed by atoms with van der Waals surface area (Å²) >= 11 is 0. The Morgan fingerprint density at radius 1 is 0.680 bits per heavy atom. The Balaban J connectivity index is 2.20. The molecule has 132 valence electrons. The number of rotatable bonds is 8. The van der Waals surface area contributed by atoms with Crippen molar-refractivity contribution in [3.63, 3.8) is 0 Å². The van der Waals surface area contributed by atoms with Crippen LogP contribution in [0.1, 0.15) is 40.0 Å². The van der Waals surface area contributed by atoms with Gasteiger partial charge in [-0.05, 0) is 35.0 Å². The van der Waals surface area contributed by atoms with Crippen LogP contribution in [0.4, 0.5) is 0 Å². The molecule has 0 amide bonds. The summed E-state index contributed by atoms with van der Waals surface area (Å²) in [5.41, 5.74) is 0. The van der Waals surface area contributed by atoms with Crippen molar-refractivity contribution in [2.75, 3.05) is 0 Å². The van der Waals surface area contributed by atoms with Gasteiger partial charge in [0.2, 0.25) is 0 Å². The van der Waals surface area contributed by atoms with Crippen molar-refractivity contribution in [3.8, 4) is 5.75 Å². The van der Waals surface area contributed by atoms with Crippen molar-refractivity contribution in [1.82, 2.24) is 0 Å². The molecule has 0 aliphatic carbocycles. The summed E-state index contributed by atoms with van der Waals surface area (Å²) in [5, 5.41) is 5.09. The zero-order valence-electron chi connectivity index (χ0n) is 15.8. The Hall–Kier alpha value is -1.80. The Morgan fingerprint density at radius 2 is 1.12 bits per heavy atom. The van der Waals surface area contributed by atoms with Gasteiger partial charge < -0.3 is 4.43 Å². The van der Waals surface area contributed by atoms with Gasteiger partial charge in [0.15, 0.2) is 0 Å². The van der Waals surface area contributed by atoms with E-state index in [0.717, 1.165) is 5.75 Å². The Bertz CT molecular complexity index is 769. The molecule has 0 saturated carbocycles. The molecule has 0 atom stereocenters. The second-order valence-electron chi connectivity index (χ2n) is 7.18. The van der Waals surface area contributed by atoms with Gasteiger partial charge in [-0.2, -0.15) is 0 Å². The van der Waals surface area contributed by atoms with Gasteiger partial charge in [-0.15, -0.1) is 0 Å². The van der Waals surface area contributed by atoms with Crippen LogP contribution in [0.25, 0.3) is 21.5 Å². The third-order valence-corrected chi connectivity index (χ3v) is 10.0. The summed E-state index contributed by atoms with van der Waals surface area (Å²) < 4.78 is 7.09. The minimum absolute atomic E-state index is 1.13. The molecule has 0 heterocycles. The fourth-order valence-corrected chi connectivity index (χ4v) is 8.64. The van der Waals surface area contributed by atoms with E-state index in [0.29, 0.717) is 0 Å². The van der Waals surface area contributed by atoms with E-state index in [1.54, 1.807) is 0 Å². The molecule has 0 fully saturated rings. The highest BCUT2D eigenvalue weighted by atomic mass is 28.4. The molecule has 0 N–H and O–H groups in total. The number of hydrogen-bond donors (Lipinski definition) is 0. The van der Waals surface area contributed by atoms with Crippen molar-refractivity contribution < 1.29 is 4.43 Å². The zero-order valence-corrected chi connectivity index (χ0v) is 16.8. The molecule has 3 rings (SSSR count). The topological polar surface area (TPSA) is 9.23 Å². The van der Waals surface area contributed by atoms with Gasteiger partial charge in [-0.25, -0.2) is 0 Å². The summed E-state index contributed by atoms with van der Waals surface area (Å²) in [5.74, 6) is 1.13. The third-order valence-electron chi connectivity index (χ3n) is 5.16. The predicted molar refractivity (Wildman–Crippen MR) is 113 cm³/mol. The molecule has 0 saturated heterocycles. The molecular formula is C23H30OSi. The number of hydrogen-bond acceptors (Lipinski definition) is 1. The van der Waals surface area contributed by atoms with Gasteiger partial charge in [0.05, 0.1) is 0 Å². The van der Waals surface area contributed by atoms with Gasteiger partial charge in [0.25, 0.3) is 8.32 Å². The largest absolute Gasteiger partial charge is 0.543 e. The van der Waals surface area contributed by atoms with E-state index in [9.17, 15) is 0 Å². The van der Waals surface area contributed by atoms with Gasteiger partial charge in [-0.3, -0.25) is 0 Å². The summed E-state index contributed by atoms with van der Waals surface area (Å²) in [6.45, 7) is 6.91. The number of fused-ring (bicyclic) bond motifs is 2. The average Bonchev–Trinajstić information content (AvgIpc) is 2.62. The molecule has 0 aliphatic rings. The van der Waals surface area contributed by atoms with Gasteiger partial charge in [0, 0.05) is 10.8 Å². The number of benzene rings is 3.